The minimum absolute atomic E-state index is 0.00393. The predicted molar refractivity (Wildman–Crippen MR) is 148 cm³/mol. The van der Waals surface area contributed by atoms with Crippen LogP contribution in [0.15, 0.2) is 71.9 Å². The molecule has 1 aromatic rings. The number of nitrogens with zero attached hydrogens (tertiary/aromatic N) is 1. The van der Waals surface area contributed by atoms with Crippen molar-refractivity contribution in [2.45, 2.75) is 52.7 Å². The molecular formula is C27H41F2N7O3. The van der Waals surface area contributed by atoms with E-state index in [0.29, 0.717) is 51.4 Å². The second-order valence-corrected chi connectivity index (χ2v) is 8.69. The van der Waals surface area contributed by atoms with E-state index in [2.05, 4.69) is 20.7 Å². The van der Waals surface area contributed by atoms with Crippen molar-refractivity contribution in [1.29, 1.82) is 0 Å². The molecule has 1 aromatic carbocycles. The number of nitrogens with one attached hydrogen (secondary N) is 3. The lowest BCUT2D eigenvalue weighted by Crippen LogP contribution is -2.34. The standard InChI is InChI=1S/C27H41F2N7O3/c1-4-9-20(5-2)12-14-34-26(38)24(31)19-36(32)15-7-6-13-33-18-23(30)25(37)35-17-21-10-8-11-22(16-21)39-27(3,28)29/h4-5,8-11,16,18-19,33H,6-7,12-15,17,30-32H2,1-3H3,(H,34,38)(H,35,37)/b9-4-,20-5+,23-18-,24-19-. The smallest absolute Gasteiger partial charge is 0.394 e. The van der Waals surface area contributed by atoms with Crippen LogP contribution >= 0.6 is 0 Å². The van der Waals surface area contributed by atoms with Gasteiger partial charge in [0.05, 0.1) is 0 Å². The van der Waals surface area contributed by atoms with E-state index in [1.165, 1.54) is 29.5 Å². The van der Waals surface area contributed by atoms with E-state index < -0.39 is 12.0 Å². The van der Waals surface area contributed by atoms with Gasteiger partial charge in [-0.05, 0) is 50.8 Å². The molecule has 0 bridgehead atoms. The van der Waals surface area contributed by atoms with Gasteiger partial charge in [-0.15, -0.1) is 0 Å². The highest BCUT2D eigenvalue weighted by atomic mass is 19.3. The molecule has 0 radical (unpaired) electrons. The van der Waals surface area contributed by atoms with Crippen LogP contribution in [0.1, 0.15) is 45.6 Å². The highest BCUT2D eigenvalue weighted by Gasteiger charge is 2.23. The third kappa shape index (κ3) is 15.1. The van der Waals surface area contributed by atoms with Crippen molar-refractivity contribution in [2.75, 3.05) is 19.6 Å². The van der Waals surface area contributed by atoms with Crippen molar-refractivity contribution in [1.82, 2.24) is 21.0 Å². The predicted octanol–water partition coefficient (Wildman–Crippen LogP) is 2.47. The maximum Gasteiger partial charge on any atom is 0.394 e. The molecule has 0 aliphatic rings. The summed E-state index contributed by atoms with van der Waals surface area (Å²) in [5, 5.41) is 9.68. The number of benzene rings is 1. The Kier molecular flexibility index (Phi) is 14.8. The van der Waals surface area contributed by atoms with Gasteiger partial charge < -0.3 is 37.2 Å². The Morgan fingerprint density at radius 1 is 1.08 bits per heavy atom. The van der Waals surface area contributed by atoms with E-state index in [4.69, 9.17) is 17.3 Å². The number of amides is 2. The lowest BCUT2D eigenvalue weighted by molar-refractivity contribution is -0.159. The summed E-state index contributed by atoms with van der Waals surface area (Å²) in [6.45, 7) is 6.08. The number of hydrazine groups is 1. The van der Waals surface area contributed by atoms with Crippen molar-refractivity contribution < 1.29 is 23.1 Å². The fourth-order valence-electron chi connectivity index (χ4n) is 3.24. The van der Waals surface area contributed by atoms with Gasteiger partial charge in [0.25, 0.3) is 11.8 Å². The molecule has 0 unspecified atom stereocenters. The molecule has 0 fully saturated rings. The van der Waals surface area contributed by atoms with Gasteiger partial charge >= 0.3 is 6.11 Å². The first-order valence-corrected chi connectivity index (χ1v) is 12.6. The van der Waals surface area contributed by atoms with Crippen molar-refractivity contribution in [2.24, 2.45) is 17.3 Å². The average Bonchev–Trinajstić information content (AvgIpc) is 2.87. The van der Waals surface area contributed by atoms with Crippen LogP contribution in [0.25, 0.3) is 0 Å². The number of carbonyl (C=O) groups is 2. The maximum absolute atomic E-state index is 13.0. The third-order valence-corrected chi connectivity index (χ3v) is 5.17. The normalized spacial score (nSPS) is 12.8. The molecule has 10 nitrogen and oxygen atoms in total. The van der Waals surface area contributed by atoms with Crippen LogP contribution in [0.3, 0.4) is 0 Å². The van der Waals surface area contributed by atoms with E-state index in [1.54, 1.807) is 12.1 Å². The summed E-state index contributed by atoms with van der Waals surface area (Å²) >= 11 is 0. The fourth-order valence-corrected chi connectivity index (χ4v) is 3.24. The Hall–Kier alpha value is -4.06. The Bertz CT molecular complexity index is 1050. The number of allylic oxidation sites excluding steroid dienone is 3. The van der Waals surface area contributed by atoms with Gasteiger partial charge in [0.15, 0.2) is 0 Å². The van der Waals surface area contributed by atoms with Crippen molar-refractivity contribution >= 4 is 11.8 Å². The van der Waals surface area contributed by atoms with Gasteiger partial charge in [0.2, 0.25) is 0 Å². The minimum atomic E-state index is -3.30. The molecule has 0 saturated carbocycles. The number of carbonyl (C=O) groups excluding carboxylic acids is 2. The Morgan fingerprint density at radius 2 is 1.79 bits per heavy atom. The van der Waals surface area contributed by atoms with E-state index in [9.17, 15) is 18.4 Å². The molecule has 9 N–H and O–H groups in total. The molecule has 1 rings (SSSR count). The lowest BCUT2D eigenvalue weighted by Gasteiger charge is -2.15. The van der Waals surface area contributed by atoms with Gasteiger partial charge in [-0.2, -0.15) is 8.78 Å². The van der Waals surface area contributed by atoms with Gasteiger partial charge in [-0.1, -0.05) is 35.9 Å². The van der Waals surface area contributed by atoms with Crippen LogP contribution in [0, 0.1) is 0 Å². The largest absolute Gasteiger partial charge is 0.433 e. The van der Waals surface area contributed by atoms with Crippen LogP contribution in [0.5, 0.6) is 5.75 Å². The summed E-state index contributed by atoms with van der Waals surface area (Å²) < 4.78 is 30.5. The first kappa shape index (κ1) is 33.0. The molecule has 0 atom stereocenters. The number of nitrogens with two attached hydrogens (primary N) is 3. The molecular weight excluding hydrogens is 508 g/mol. The molecule has 0 spiro atoms. The minimum Gasteiger partial charge on any atom is -0.433 e. The van der Waals surface area contributed by atoms with Crippen molar-refractivity contribution in [3.8, 4) is 5.75 Å². The van der Waals surface area contributed by atoms with Gasteiger partial charge in [-0.3, -0.25) is 9.59 Å². The molecule has 12 heteroatoms. The number of unbranched alkanes of at least 4 members (excludes halogenated alkanes) is 1. The van der Waals surface area contributed by atoms with E-state index >= 15 is 0 Å². The molecule has 216 valence electrons. The Labute approximate surface area is 229 Å². The molecule has 0 saturated heterocycles. The van der Waals surface area contributed by atoms with Crippen LogP contribution in [-0.4, -0.2) is 42.6 Å². The highest BCUT2D eigenvalue weighted by Crippen LogP contribution is 2.21. The highest BCUT2D eigenvalue weighted by molar-refractivity contribution is 5.92. The third-order valence-electron chi connectivity index (χ3n) is 5.17. The molecule has 2 amide bonds. The monoisotopic (exact) mass is 549 g/mol. The van der Waals surface area contributed by atoms with Crippen molar-refractivity contribution in [3.05, 3.63) is 77.4 Å². The molecule has 0 aliphatic heterocycles. The molecule has 0 aliphatic carbocycles. The fraction of sp³-hybridized carbons (Fsp3) is 0.407. The second kappa shape index (κ2) is 17.4. The number of ether oxygens (including phenoxy) is 1. The number of hydrogen-bond acceptors (Lipinski definition) is 8. The van der Waals surface area contributed by atoms with Crippen LogP contribution in [0.2, 0.25) is 0 Å². The summed E-state index contributed by atoms with van der Waals surface area (Å²) in [6.07, 6.45) is 7.51. The second-order valence-electron chi connectivity index (χ2n) is 8.69. The van der Waals surface area contributed by atoms with Gasteiger partial charge in [0.1, 0.15) is 17.1 Å². The first-order chi connectivity index (χ1) is 18.4. The van der Waals surface area contributed by atoms with Gasteiger partial charge in [0, 0.05) is 45.5 Å². The number of halogens is 2. The first-order valence-electron chi connectivity index (χ1n) is 12.6. The van der Waals surface area contributed by atoms with E-state index in [0.717, 1.165) is 5.57 Å². The number of hydrogen-bond donors (Lipinski definition) is 6. The quantitative estimate of drug-likeness (QED) is 0.0568. The van der Waals surface area contributed by atoms with Crippen LogP contribution < -0.4 is 38.0 Å². The molecule has 0 heterocycles. The zero-order valence-corrected chi connectivity index (χ0v) is 22.8. The molecule has 39 heavy (non-hydrogen) atoms. The summed E-state index contributed by atoms with van der Waals surface area (Å²) in [7, 11) is 0. The zero-order valence-electron chi connectivity index (χ0n) is 22.8. The van der Waals surface area contributed by atoms with E-state index in [1.807, 2.05) is 32.1 Å². The summed E-state index contributed by atoms with van der Waals surface area (Å²) in [5.74, 6) is 5.01. The van der Waals surface area contributed by atoms with Gasteiger partial charge in [-0.25, -0.2) is 5.84 Å². The van der Waals surface area contributed by atoms with Crippen LogP contribution in [-0.2, 0) is 16.1 Å². The van der Waals surface area contributed by atoms with E-state index in [-0.39, 0.29) is 29.6 Å². The van der Waals surface area contributed by atoms with Crippen LogP contribution in [0.4, 0.5) is 8.78 Å². The summed E-state index contributed by atoms with van der Waals surface area (Å²) in [5.41, 5.74) is 13.3. The molecule has 0 aromatic heterocycles. The zero-order chi connectivity index (χ0) is 29.3. The maximum atomic E-state index is 13.0. The topological polar surface area (TPSA) is 161 Å². The number of alkyl halides is 2. The SMILES string of the molecule is C/C=C\C(=C/C)CCNC(=O)/C(N)=C/N(N)CCCCN/C=C(\N)C(=O)NCc1cccc(OC(C)(F)F)c1. The summed E-state index contributed by atoms with van der Waals surface area (Å²) in [4.78, 5) is 24.3. The lowest BCUT2D eigenvalue weighted by atomic mass is 10.1. The summed E-state index contributed by atoms with van der Waals surface area (Å²) in [6, 6.07) is 6.04. The van der Waals surface area contributed by atoms with Crippen molar-refractivity contribution in [3.63, 3.8) is 0 Å². The average molecular weight is 550 g/mol. The Balaban J connectivity index is 2.31. The number of rotatable bonds is 17. The Morgan fingerprint density at radius 3 is 2.46 bits per heavy atom.